The molecule has 3 aliphatic heterocycles. The Morgan fingerprint density at radius 1 is 0.806 bits per heavy atom. The van der Waals surface area contributed by atoms with Gasteiger partial charge in [0.25, 0.3) is 11.8 Å². The third-order valence-corrected chi connectivity index (χ3v) is 17.8. The fourth-order valence-corrected chi connectivity index (χ4v) is 9.69. The van der Waals surface area contributed by atoms with Gasteiger partial charge in [-0.1, -0.05) is 74.8 Å². The number of carbonyl (C=O) groups is 2. The molecule has 1 atom stereocenters. The van der Waals surface area contributed by atoms with Gasteiger partial charge in [0.1, 0.15) is 5.75 Å². The predicted molar refractivity (Wildman–Crippen MR) is 249 cm³/mol. The fourth-order valence-electron chi connectivity index (χ4n) is 8.53. The summed E-state index contributed by atoms with van der Waals surface area (Å²) in [6, 6.07) is 34.9. The van der Waals surface area contributed by atoms with Crippen LogP contribution in [0.15, 0.2) is 115 Å². The summed E-state index contributed by atoms with van der Waals surface area (Å²) in [4.78, 5) is 39.2. The first-order chi connectivity index (χ1) is 29.7. The second kappa shape index (κ2) is 16.6. The highest BCUT2D eigenvalue weighted by molar-refractivity contribution is 6.74. The van der Waals surface area contributed by atoms with Crippen LogP contribution in [-0.4, -0.2) is 92.0 Å². The highest BCUT2D eigenvalue weighted by Crippen LogP contribution is 2.41. The molecule has 0 saturated carbocycles. The summed E-state index contributed by atoms with van der Waals surface area (Å²) in [5, 5.41) is 1.34. The second-order valence-corrected chi connectivity index (χ2v) is 23.5. The Balaban J connectivity index is 1.13. The summed E-state index contributed by atoms with van der Waals surface area (Å²) in [6.45, 7) is 16.3. The molecular weight excluding hydrogens is 814 g/mol. The van der Waals surface area contributed by atoms with Crippen LogP contribution in [0, 0.1) is 0 Å². The van der Waals surface area contributed by atoms with E-state index in [0.717, 1.165) is 61.4 Å². The van der Waals surface area contributed by atoms with E-state index in [1.165, 1.54) is 5.56 Å². The maximum Gasteiger partial charge on any atom is 0.265 e. The van der Waals surface area contributed by atoms with Crippen LogP contribution in [0.5, 0.6) is 17.2 Å². The van der Waals surface area contributed by atoms with E-state index in [4.69, 9.17) is 25.5 Å². The van der Waals surface area contributed by atoms with E-state index in [9.17, 15) is 0 Å². The van der Waals surface area contributed by atoms with Gasteiger partial charge < -0.3 is 28.3 Å². The average molecular weight is 869 g/mol. The number of anilines is 2. The number of ether oxygens (including phenoxy) is 2. The molecule has 3 aliphatic rings. The molecule has 0 spiro atoms. The third-order valence-electron chi connectivity index (χ3n) is 13.2. The van der Waals surface area contributed by atoms with Crippen molar-refractivity contribution in [2.45, 2.75) is 57.9 Å². The van der Waals surface area contributed by atoms with E-state index in [1.807, 2.05) is 94.5 Å². The number of piperazine rings is 1. The Hall–Kier alpha value is -5.59. The molecule has 0 unspecified atom stereocenters. The first kappa shape index (κ1) is 41.7. The van der Waals surface area contributed by atoms with E-state index >= 15 is 9.59 Å². The molecule has 320 valence electrons. The van der Waals surface area contributed by atoms with Crippen LogP contribution in [0.1, 0.15) is 52.6 Å². The normalized spacial score (nSPS) is 17.0. The molecule has 1 aromatic heterocycles. The molecule has 1 saturated heterocycles. The molecule has 0 radical (unpaired) electrons. The highest BCUT2D eigenvalue weighted by Gasteiger charge is 2.39. The van der Waals surface area contributed by atoms with Gasteiger partial charge in [-0.05, 0) is 103 Å². The Morgan fingerprint density at radius 2 is 1.44 bits per heavy atom. The van der Waals surface area contributed by atoms with Crippen molar-refractivity contribution in [1.29, 1.82) is 0 Å². The summed E-state index contributed by atoms with van der Waals surface area (Å²) >= 11 is 6.38. The topological polar surface area (TPSA) is 79.7 Å². The number of likely N-dealkylation sites (N-methyl/N-ethyl adjacent to an activating group) is 1. The Bertz CT molecular complexity index is 2630. The molecule has 0 bridgehead atoms. The molecule has 0 N–H and O–H groups in total. The first-order valence-corrected chi connectivity index (χ1v) is 24.7. The Labute approximate surface area is 370 Å². The Morgan fingerprint density at radius 3 is 2.13 bits per heavy atom. The number of fused-ring (bicyclic) bond motifs is 3. The van der Waals surface area contributed by atoms with Gasteiger partial charge in [-0.15, -0.1) is 0 Å². The van der Waals surface area contributed by atoms with Crippen molar-refractivity contribution < 1.29 is 23.5 Å². The Kier molecular flexibility index (Phi) is 11.2. The molecule has 1 fully saturated rings. The maximum absolute atomic E-state index is 15.4. The molecule has 5 aromatic carbocycles. The van der Waals surface area contributed by atoms with Crippen molar-refractivity contribution >= 4 is 54.0 Å². The minimum absolute atomic E-state index is 0.0270. The number of hydrogen-bond donors (Lipinski definition) is 0. The summed E-state index contributed by atoms with van der Waals surface area (Å²) in [5.41, 5.74) is 6.09. The van der Waals surface area contributed by atoms with Crippen LogP contribution < -0.4 is 18.8 Å². The summed E-state index contributed by atoms with van der Waals surface area (Å²) in [5.74, 6) is 1.49. The second-order valence-electron chi connectivity index (χ2n) is 18.3. The number of halogens is 1. The molecule has 4 heterocycles. The van der Waals surface area contributed by atoms with Crippen molar-refractivity contribution in [3.63, 3.8) is 0 Å². The number of benzene rings is 5. The maximum atomic E-state index is 15.4. The SMILES string of the molecule is CN1CCN(C[C@@H]2Cc3ccccc3CN2C(=O)c2cc3c(cc2-n2cc(C(=O)N(c4ccc(Cl)cc4)c4ccc(O[Si](C)(C)C(C)(C)C)cc4)c4ccccc42)OCO3)CC1. The lowest BCUT2D eigenvalue weighted by atomic mass is 9.92. The van der Waals surface area contributed by atoms with Gasteiger partial charge in [-0.3, -0.25) is 19.4 Å². The smallest absolute Gasteiger partial charge is 0.265 e. The molecule has 0 aliphatic carbocycles. The number of hydrogen-bond acceptors (Lipinski definition) is 7. The van der Waals surface area contributed by atoms with Gasteiger partial charge in [-0.2, -0.15) is 0 Å². The molecule has 62 heavy (non-hydrogen) atoms. The zero-order valence-corrected chi connectivity index (χ0v) is 38.1. The number of carbonyl (C=O) groups excluding carboxylic acids is 2. The van der Waals surface area contributed by atoms with Gasteiger partial charge >= 0.3 is 0 Å². The number of nitrogens with zero attached hydrogens (tertiary/aromatic N) is 5. The van der Waals surface area contributed by atoms with Gasteiger partial charge in [0, 0.05) is 79.4 Å². The van der Waals surface area contributed by atoms with Gasteiger partial charge in [0.15, 0.2) is 11.5 Å². The zero-order chi connectivity index (χ0) is 43.3. The lowest BCUT2D eigenvalue weighted by Crippen LogP contribution is -2.53. The van der Waals surface area contributed by atoms with E-state index in [1.54, 1.807) is 17.0 Å². The van der Waals surface area contributed by atoms with E-state index in [2.05, 4.69) is 68.9 Å². The van der Waals surface area contributed by atoms with Crippen molar-refractivity contribution in [3.05, 3.63) is 143 Å². The van der Waals surface area contributed by atoms with Crippen molar-refractivity contribution in [1.82, 2.24) is 19.3 Å². The van der Waals surface area contributed by atoms with Crippen LogP contribution >= 0.6 is 11.6 Å². The van der Waals surface area contributed by atoms with E-state index < -0.39 is 8.32 Å². The van der Waals surface area contributed by atoms with Crippen molar-refractivity contribution in [3.8, 4) is 22.9 Å². The van der Waals surface area contributed by atoms with Gasteiger partial charge in [-0.25, -0.2) is 0 Å². The van der Waals surface area contributed by atoms with Crippen molar-refractivity contribution in [2.75, 3.05) is 51.5 Å². The lowest BCUT2D eigenvalue weighted by molar-refractivity contribution is 0.0535. The van der Waals surface area contributed by atoms with Crippen LogP contribution in [-0.2, 0) is 13.0 Å². The molecular formula is C50H54ClN5O5Si. The van der Waals surface area contributed by atoms with Crippen LogP contribution in [0.4, 0.5) is 11.4 Å². The summed E-state index contributed by atoms with van der Waals surface area (Å²) < 4.78 is 20.4. The average Bonchev–Trinajstić information content (AvgIpc) is 3.89. The summed E-state index contributed by atoms with van der Waals surface area (Å²) in [6.07, 6.45) is 2.62. The third kappa shape index (κ3) is 8.10. The molecule has 2 amide bonds. The molecule has 6 aromatic rings. The minimum atomic E-state index is -2.10. The number of para-hydroxylation sites is 1. The predicted octanol–water partition coefficient (Wildman–Crippen LogP) is 10.2. The van der Waals surface area contributed by atoms with E-state index in [-0.39, 0.29) is 29.7 Å². The summed E-state index contributed by atoms with van der Waals surface area (Å²) in [7, 11) is 0.0568. The standard InChI is InChI=1S/C50H54ClN5O5Si/c1-50(2,3)62(5,6)61-40-21-19-38(20-22-40)56(37-17-15-36(51)16-18-37)49(58)43-32-55(44-14-10-9-13-41(43)44)45-29-47-46(59-33-60-47)28-42(45)48(57)54-30-35-12-8-7-11-34(35)27-39(54)31-53-25-23-52(4)24-26-53/h7-22,28-29,32,39H,23-27,30-31,33H2,1-6H3/t39-/m0/s1. The lowest BCUT2D eigenvalue weighted by Gasteiger charge is -2.41. The monoisotopic (exact) mass is 867 g/mol. The first-order valence-electron chi connectivity index (χ1n) is 21.5. The van der Waals surface area contributed by atoms with Crippen LogP contribution in [0.2, 0.25) is 23.2 Å². The number of aromatic nitrogens is 1. The van der Waals surface area contributed by atoms with Crippen LogP contribution in [0.3, 0.4) is 0 Å². The van der Waals surface area contributed by atoms with E-state index in [0.29, 0.717) is 51.3 Å². The quantitative estimate of drug-likeness (QED) is 0.134. The van der Waals surface area contributed by atoms with Gasteiger partial charge in [0.2, 0.25) is 15.1 Å². The highest BCUT2D eigenvalue weighted by atomic mass is 35.5. The fraction of sp³-hybridized carbons (Fsp3) is 0.320. The largest absolute Gasteiger partial charge is 0.544 e. The minimum Gasteiger partial charge on any atom is -0.544 e. The zero-order valence-electron chi connectivity index (χ0n) is 36.4. The molecule has 9 rings (SSSR count). The number of amides is 2. The van der Waals surface area contributed by atoms with Crippen LogP contribution in [0.25, 0.3) is 16.6 Å². The number of rotatable bonds is 9. The molecule has 10 nitrogen and oxygen atoms in total. The van der Waals surface area contributed by atoms with Crippen molar-refractivity contribution in [2.24, 2.45) is 0 Å². The molecule has 12 heteroatoms. The van der Waals surface area contributed by atoms with Gasteiger partial charge in [0.05, 0.1) is 22.3 Å².